The Kier molecular flexibility index (Phi) is 7.00. The average Bonchev–Trinajstić information content (AvgIpc) is 3.37. The van der Waals surface area contributed by atoms with Crippen LogP contribution in [0.2, 0.25) is 0 Å². The number of methoxy groups -OCH3 is 2. The Balaban J connectivity index is 1.69. The van der Waals surface area contributed by atoms with Crippen LogP contribution < -0.4 is 14.2 Å². The van der Waals surface area contributed by atoms with E-state index in [1.807, 2.05) is 0 Å². The van der Waals surface area contributed by atoms with E-state index in [0.29, 0.717) is 10.6 Å². The molecule has 0 saturated carbocycles. The predicted molar refractivity (Wildman–Crippen MR) is 131 cm³/mol. The Bertz CT molecular complexity index is 1430. The first-order valence-corrected chi connectivity index (χ1v) is 13.0. The van der Waals surface area contributed by atoms with Crippen LogP contribution in [-0.4, -0.2) is 51.9 Å². The summed E-state index contributed by atoms with van der Waals surface area (Å²) in [5.41, 5.74) is 0.533. The molecule has 0 fully saturated rings. The van der Waals surface area contributed by atoms with E-state index in [4.69, 9.17) is 14.2 Å². The van der Waals surface area contributed by atoms with Crippen LogP contribution in [0.1, 0.15) is 42.9 Å². The summed E-state index contributed by atoms with van der Waals surface area (Å²) in [6.45, 7) is 1.54. The quantitative estimate of drug-likeness (QED) is 0.329. The van der Waals surface area contributed by atoms with E-state index < -0.39 is 27.8 Å². The molecule has 0 atom stereocenters. The van der Waals surface area contributed by atoms with Crippen molar-refractivity contribution in [3.63, 3.8) is 0 Å². The van der Waals surface area contributed by atoms with Gasteiger partial charge in [-0.25, -0.2) is 13.2 Å². The molecule has 0 unspecified atom stereocenters. The van der Waals surface area contributed by atoms with Crippen LogP contribution >= 0.6 is 11.3 Å². The number of carbonyl (C=O) groups is 3. The number of sulfonamides is 1. The molecule has 0 aliphatic carbocycles. The molecule has 0 radical (unpaired) electrons. The fourth-order valence-electron chi connectivity index (χ4n) is 3.67. The topological polar surface area (TPSA) is 128 Å². The zero-order chi connectivity index (χ0) is 26.0. The van der Waals surface area contributed by atoms with Crippen molar-refractivity contribution < 1.29 is 37.0 Å². The number of fused-ring (bicyclic) bond motifs is 1. The van der Waals surface area contributed by atoms with Crippen LogP contribution in [0.15, 0.2) is 53.4 Å². The molecule has 1 N–H and O–H groups in total. The molecule has 0 saturated heterocycles. The van der Waals surface area contributed by atoms with Crippen LogP contribution in [0.3, 0.4) is 0 Å². The molecule has 2 aromatic carbocycles. The standard InChI is InChI=1S/C24H22N2O8S2/c1-4-34-24(29)18-12-15(13-26-22(27)16-7-5-6-8-17(16)23(26)28)35-21(18)25-36(30,31)20-11-14(32-2)9-10-19(20)33-3/h5-12,25H,4,13H2,1-3H3. The van der Waals surface area contributed by atoms with Gasteiger partial charge in [0.05, 0.1) is 44.1 Å². The lowest BCUT2D eigenvalue weighted by Crippen LogP contribution is -2.28. The molecule has 1 aromatic heterocycles. The summed E-state index contributed by atoms with van der Waals surface area (Å²) in [5.74, 6) is -1.32. The van der Waals surface area contributed by atoms with Crippen molar-refractivity contribution in [1.82, 2.24) is 4.90 Å². The van der Waals surface area contributed by atoms with E-state index in [1.54, 1.807) is 37.3 Å². The van der Waals surface area contributed by atoms with Crippen LogP contribution in [0.5, 0.6) is 11.5 Å². The number of esters is 1. The van der Waals surface area contributed by atoms with Gasteiger partial charge in [0.15, 0.2) is 0 Å². The summed E-state index contributed by atoms with van der Waals surface area (Å²) in [7, 11) is -1.51. The van der Waals surface area contributed by atoms with Gasteiger partial charge in [0.25, 0.3) is 21.8 Å². The highest BCUT2D eigenvalue weighted by atomic mass is 32.2. The average molecular weight is 531 g/mol. The second-order valence-electron chi connectivity index (χ2n) is 7.54. The zero-order valence-corrected chi connectivity index (χ0v) is 21.2. The van der Waals surface area contributed by atoms with E-state index in [2.05, 4.69) is 4.72 Å². The zero-order valence-electron chi connectivity index (χ0n) is 19.6. The largest absolute Gasteiger partial charge is 0.497 e. The Hall–Kier alpha value is -3.90. The lowest BCUT2D eigenvalue weighted by molar-refractivity contribution is 0.0527. The fourth-order valence-corrected chi connectivity index (χ4v) is 6.20. The number of nitrogens with zero attached hydrogens (tertiary/aromatic N) is 1. The molecule has 4 rings (SSSR count). The number of thiophene rings is 1. The van der Waals surface area contributed by atoms with E-state index in [1.165, 1.54) is 32.4 Å². The Morgan fingerprint density at radius 1 is 1.00 bits per heavy atom. The number of anilines is 1. The van der Waals surface area contributed by atoms with E-state index in [9.17, 15) is 22.8 Å². The summed E-state index contributed by atoms with van der Waals surface area (Å²) in [6.07, 6.45) is 0. The first kappa shape index (κ1) is 25.2. The van der Waals surface area contributed by atoms with Gasteiger partial charge in [0.2, 0.25) is 0 Å². The molecule has 36 heavy (non-hydrogen) atoms. The molecule has 0 spiro atoms. The lowest BCUT2D eigenvalue weighted by atomic mass is 10.1. The van der Waals surface area contributed by atoms with Crippen molar-refractivity contribution in [2.45, 2.75) is 18.4 Å². The minimum atomic E-state index is -4.24. The lowest BCUT2D eigenvalue weighted by Gasteiger charge is -2.13. The normalized spacial score (nSPS) is 12.9. The molecule has 0 bridgehead atoms. The third-order valence-electron chi connectivity index (χ3n) is 5.36. The maximum Gasteiger partial charge on any atom is 0.341 e. The number of nitrogens with one attached hydrogen (secondary N) is 1. The maximum absolute atomic E-state index is 13.3. The first-order valence-electron chi connectivity index (χ1n) is 10.7. The maximum atomic E-state index is 13.3. The SMILES string of the molecule is CCOC(=O)c1cc(CN2C(=O)c3ccccc3C2=O)sc1NS(=O)(=O)c1cc(OC)ccc1OC. The number of ether oxygens (including phenoxy) is 3. The molecule has 188 valence electrons. The van der Waals surface area contributed by atoms with Crippen molar-refractivity contribution in [3.8, 4) is 11.5 Å². The van der Waals surface area contributed by atoms with Crippen molar-refractivity contribution in [2.24, 2.45) is 0 Å². The van der Waals surface area contributed by atoms with Gasteiger partial charge in [-0.05, 0) is 37.3 Å². The minimum absolute atomic E-state index is 0.0232. The molecule has 12 heteroatoms. The van der Waals surface area contributed by atoms with Gasteiger partial charge in [-0.3, -0.25) is 19.2 Å². The van der Waals surface area contributed by atoms with Crippen LogP contribution in [0.25, 0.3) is 0 Å². The Morgan fingerprint density at radius 3 is 2.25 bits per heavy atom. The molecule has 2 heterocycles. The van der Waals surface area contributed by atoms with Gasteiger partial charge in [-0.15, -0.1) is 11.3 Å². The molecule has 1 aliphatic heterocycles. The second-order valence-corrected chi connectivity index (χ2v) is 10.3. The number of rotatable bonds is 9. The van der Waals surface area contributed by atoms with Gasteiger partial charge in [0, 0.05) is 10.9 Å². The van der Waals surface area contributed by atoms with Gasteiger partial charge in [-0.1, -0.05) is 12.1 Å². The monoisotopic (exact) mass is 530 g/mol. The summed E-state index contributed by atoms with van der Waals surface area (Å²) in [4.78, 5) is 39.4. The summed E-state index contributed by atoms with van der Waals surface area (Å²) in [6, 6.07) is 12.2. The van der Waals surface area contributed by atoms with E-state index >= 15 is 0 Å². The highest BCUT2D eigenvalue weighted by Gasteiger charge is 2.36. The van der Waals surface area contributed by atoms with Crippen LogP contribution in [-0.2, 0) is 21.3 Å². The fraction of sp³-hybridized carbons (Fsp3) is 0.208. The number of hydrogen-bond acceptors (Lipinski definition) is 9. The van der Waals surface area contributed by atoms with Crippen molar-refractivity contribution in [2.75, 3.05) is 25.5 Å². The number of benzene rings is 2. The van der Waals surface area contributed by atoms with Crippen molar-refractivity contribution >= 4 is 44.1 Å². The second kappa shape index (κ2) is 9.99. The highest BCUT2D eigenvalue weighted by molar-refractivity contribution is 7.93. The Labute approximate surface area is 211 Å². The molecule has 1 aliphatic rings. The smallest absolute Gasteiger partial charge is 0.341 e. The molecule has 2 amide bonds. The van der Waals surface area contributed by atoms with Crippen molar-refractivity contribution in [1.29, 1.82) is 0 Å². The third kappa shape index (κ3) is 4.64. The van der Waals surface area contributed by atoms with E-state index in [-0.39, 0.29) is 45.5 Å². The van der Waals surface area contributed by atoms with Crippen molar-refractivity contribution in [3.05, 3.63) is 70.1 Å². The van der Waals surface area contributed by atoms with Gasteiger partial charge >= 0.3 is 5.97 Å². The molecular weight excluding hydrogens is 508 g/mol. The number of amides is 2. The first-order chi connectivity index (χ1) is 17.2. The third-order valence-corrected chi connectivity index (χ3v) is 7.89. The summed E-state index contributed by atoms with van der Waals surface area (Å²) >= 11 is 0.919. The molecular formula is C24H22N2O8S2. The number of carbonyl (C=O) groups excluding carboxylic acids is 3. The number of imide groups is 1. The van der Waals surface area contributed by atoms with Crippen LogP contribution in [0, 0.1) is 0 Å². The van der Waals surface area contributed by atoms with Gasteiger partial charge < -0.3 is 14.2 Å². The van der Waals surface area contributed by atoms with Crippen LogP contribution in [0.4, 0.5) is 5.00 Å². The Morgan fingerprint density at radius 2 is 1.67 bits per heavy atom. The predicted octanol–water partition coefficient (Wildman–Crippen LogP) is 3.54. The summed E-state index contributed by atoms with van der Waals surface area (Å²) < 4.78 is 44.4. The minimum Gasteiger partial charge on any atom is -0.497 e. The molecule has 10 nitrogen and oxygen atoms in total. The van der Waals surface area contributed by atoms with Gasteiger partial charge in [0.1, 0.15) is 21.4 Å². The van der Waals surface area contributed by atoms with E-state index in [0.717, 1.165) is 16.2 Å². The number of hydrogen-bond donors (Lipinski definition) is 1. The van der Waals surface area contributed by atoms with Gasteiger partial charge in [-0.2, -0.15) is 0 Å². The summed E-state index contributed by atoms with van der Waals surface area (Å²) in [5, 5.41) is -0.0232. The molecule has 3 aromatic rings. The highest BCUT2D eigenvalue weighted by Crippen LogP contribution is 2.36.